The summed E-state index contributed by atoms with van der Waals surface area (Å²) in [5, 5.41) is 2.99. The molecule has 2 aliphatic rings. The summed E-state index contributed by atoms with van der Waals surface area (Å²) in [6, 6.07) is 2.24. The first-order valence-corrected chi connectivity index (χ1v) is 11.2. The van der Waals surface area contributed by atoms with Crippen LogP contribution in [0.15, 0.2) is 17.4 Å². The van der Waals surface area contributed by atoms with Gasteiger partial charge in [0, 0.05) is 22.6 Å². The standard InChI is InChI=1S/C20H23N3OS2/c1-20(2)9-15-12(10-24-20)8-14-16-17(26-18(14)23-15)19(22-11-21-16)25-13-6-4-3-5-7-13/h8,11,13H,3-7,9-10H2,1-2H3. The van der Waals surface area contributed by atoms with Gasteiger partial charge in [0.2, 0.25) is 0 Å². The Balaban J connectivity index is 1.59. The van der Waals surface area contributed by atoms with Crippen molar-refractivity contribution >= 4 is 43.5 Å². The monoisotopic (exact) mass is 385 g/mol. The summed E-state index contributed by atoms with van der Waals surface area (Å²) in [6.45, 7) is 4.91. The third-order valence-corrected chi connectivity index (χ3v) is 7.99. The van der Waals surface area contributed by atoms with Crippen LogP contribution >= 0.6 is 23.1 Å². The van der Waals surface area contributed by atoms with E-state index < -0.39 is 0 Å². The maximum absolute atomic E-state index is 5.98. The van der Waals surface area contributed by atoms with Gasteiger partial charge in [-0.3, -0.25) is 0 Å². The maximum Gasteiger partial charge on any atom is 0.126 e. The van der Waals surface area contributed by atoms with Crippen LogP contribution in [0.5, 0.6) is 0 Å². The van der Waals surface area contributed by atoms with E-state index >= 15 is 0 Å². The summed E-state index contributed by atoms with van der Waals surface area (Å²) in [5.74, 6) is 0. The number of thiophene rings is 1. The summed E-state index contributed by atoms with van der Waals surface area (Å²) in [6.07, 6.45) is 9.28. The summed E-state index contributed by atoms with van der Waals surface area (Å²) in [5.41, 5.74) is 3.30. The molecule has 4 heterocycles. The van der Waals surface area contributed by atoms with Crippen LogP contribution in [0.4, 0.5) is 0 Å². The second-order valence-corrected chi connectivity index (χ2v) is 10.3. The fourth-order valence-corrected chi connectivity index (χ4v) is 6.47. The highest BCUT2D eigenvalue weighted by Gasteiger charge is 2.28. The highest BCUT2D eigenvalue weighted by atomic mass is 32.2. The molecule has 26 heavy (non-hydrogen) atoms. The van der Waals surface area contributed by atoms with Crippen LogP contribution in [0, 0.1) is 0 Å². The van der Waals surface area contributed by atoms with E-state index in [0.29, 0.717) is 11.9 Å². The number of hydrogen-bond acceptors (Lipinski definition) is 6. The highest BCUT2D eigenvalue weighted by Crippen LogP contribution is 2.41. The van der Waals surface area contributed by atoms with Crippen LogP contribution in [0.3, 0.4) is 0 Å². The molecule has 0 aromatic carbocycles. The molecule has 1 saturated carbocycles. The molecule has 0 N–H and O–H groups in total. The Hall–Kier alpha value is -1.24. The number of nitrogens with zero attached hydrogens (tertiary/aromatic N) is 3. The molecule has 0 saturated heterocycles. The SMILES string of the molecule is CC1(C)Cc2nc3sc4c(SC5CCCCC5)ncnc4c3cc2CO1. The number of rotatable bonds is 2. The molecule has 5 rings (SSSR count). The van der Waals surface area contributed by atoms with E-state index in [9.17, 15) is 0 Å². The van der Waals surface area contributed by atoms with Gasteiger partial charge in [-0.25, -0.2) is 15.0 Å². The predicted molar refractivity (Wildman–Crippen MR) is 108 cm³/mol. The molecule has 3 aromatic rings. The lowest BCUT2D eigenvalue weighted by atomic mass is 9.95. The van der Waals surface area contributed by atoms with Crippen molar-refractivity contribution in [3.8, 4) is 0 Å². The van der Waals surface area contributed by atoms with E-state index in [0.717, 1.165) is 27.2 Å². The molecule has 0 radical (unpaired) electrons. The molecular formula is C20H23N3OS2. The summed E-state index contributed by atoms with van der Waals surface area (Å²) in [7, 11) is 0. The highest BCUT2D eigenvalue weighted by molar-refractivity contribution is 8.00. The van der Waals surface area contributed by atoms with Gasteiger partial charge < -0.3 is 4.74 Å². The minimum Gasteiger partial charge on any atom is -0.370 e. The fourth-order valence-electron chi connectivity index (χ4n) is 3.99. The molecule has 3 aromatic heterocycles. The quantitative estimate of drug-likeness (QED) is 0.544. The number of ether oxygens (including phenoxy) is 1. The van der Waals surface area contributed by atoms with Crippen molar-refractivity contribution in [2.24, 2.45) is 0 Å². The van der Waals surface area contributed by atoms with Crippen molar-refractivity contribution in [3.63, 3.8) is 0 Å². The minimum atomic E-state index is -0.133. The first kappa shape index (κ1) is 16.9. The van der Waals surface area contributed by atoms with Crippen molar-refractivity contribution in [3.05, 3.63) is 23.7 Å². The zero-order chi connectivity index (χ0) is 17.7. The van der Waals surface area contributed by atoms with Gasteiger partial charge in [-0.05, 0) is 32.8 Å². The zero-order valence-electron chi connectivity index (χ0n) is 15.2. The largest absolute Gasteiger partial charge is 0.370 e. The second-order valence-electron chi connectivity index (χ2n) is 8.01. The molecule has 0 unspecified atom stereocenters. The van der Waals surface area contributed by atoms with Crippen molar-refractivity contribution < 1.29 is 4.74 Å². The van der Waals surface area contributed by atoms with Crippen LogP contribution in [0.1, 0.15) is 57.2 Å². The van der Waals surface area contributed by atoms with E-state index in [1.54, 1.807) is 17.7 Å². The Labute approximate surface area is 161 Å². The normalized spacial score (nSPS) is 20.5. The molecule has 1 aliphatic carbocycles. The first-order valence-electron chi connectivity index (χ1n) is 9.46. The lowest BCUT2D eigenvalue weighted by Crippen LogP contribution is -2.32. The van der Waals surface area contributed by atoms with Crippen molar-refractivity contribution in [2.75, 3.05) is 0 Å². The zero-order valence-corrected chi connectivity index (χ0v) is 16.9. The minimum absolute atomic E-state index is 0.133. The van der Waals surface area contributed by atoms with Crippen LogP contribution in [0.2, 0.25) is 0 Å². The van der Waals surface area contributed by atoms with E-state index in [2.05, 4.69) is 29.9 Å². The molecular weight excluding hydrogens is 362 g/mol. The summed E-state index contributed by atoms with van der Waals surface area (Å²) < 4.78 is 7.18. The van der Waals surface area contributed by atoms with E-state index in [-0.39, 0.29) is 5.60 Å². The van der Waals surface area contributed by atoms with Crippen molar-refractivity contribution in [2.45, 2.75) is 74.9 Å². The number of aromatic nitrogens is 3. The lowest BCUT2D eigenvalue weighted by Gasteiger charge is -2.30. The van der Waals surface area contributed by atoms with Gasteiger partial charge in [0.05, 0.1) is 28.1 Å². The van der Waals surface area contributed by atoms with Gasteiger partial charge in [-0.2, -0.15) is 0 Å². The van der Waals surface area contributed by atoms with Crippen molar-refractivity contribution in [1.29, 1.82) is 0 Å². The second kappa shape index (κ2) is 6.43. The lowest BCUT2D eigenvalue weighted by molar-refractivity contribution is -0.0411. The predicted octanol–water partition coefficient (Wildman–Crippen LogP) is 5.52. The van der Waals surface area contributed by atoms with E-state index in [4.69, 9.17) is 9.72 Å². The molecule has 0 spiro atoms. The molecule has 0 atom stereocenters. The maximum atomic E-state index is 5.98. The molecule has 1 fully saturated rings. The van der Waals surface area contributed by atoms with E-state index in [1.165, 1.54) is 48.1 Å². The molecule has 0 amide bonds. The van der Waals surface area contributed by atoms with Gasteiger partial charge in [0.15, 0.2) is 0 Å². The third-order valence-electron chi connectivity index (χ3n) is 5.42. The average molecular weight is 386 g/mol. The Kier molecular flexibility index (Phi) is 4.18. The Morgan fingerprint density at radius 1 is 1.19 bits per heavy atom. The Bertz CT molecular complexity index is 976. The Morgan fingerprint density at radius 2 is 2.04 bits per heavy atom. The Morgan fingerprint density at radius 3 is 2.88 bits per heavy atom. The summed E-state index contributed by atoms with van der Waals surface area (Å²) in [4.78, 5) is 15.3. The fraction of sp³-hybridized carbons (Fsp3) is 0.550. The van der Waals surface area contributed by atoms with Gasteiger partial charge in [0.25, 0.3) is 0 Å². The third kappa shape index (κ3) is 3.02. The number of hydrogen-bond donors (Lipinski definition) is 0. The number of thioether (sulfide) groups is 1. The first-order chi connectivity index (χ1) is 12.6. The molecule has 6 heteroatoms. The van der Waals surface area contributed by atoms with Gasteiger partial charge in [-0.15, -0.1) is 23.1 Å². The smallest absolute Gasteiger partial charge is 0.126 e. The molecule has 0 bridgehead atoms. The van der Waals surface area contributed by atoms with E-state index in [1.807, 2.05) is 11.8 Å². The van der Waals surface area contributed by atoms with Crippen molar-refractivity contribution in [1.82, 2.24) is 15.0 Å². The molecule has 4 nitrogen and oxygen atoms in total. The van der Waals surface area contributed by atoms with Gasteiger partial charge in [-0.1, -0.05) is 19.3 Å². The molecule has 1 aliphatic heterocycles. The van der Waals surface area contributed by atoms with Crippen LogP contribution < -0.4 is 0 Å². The van der Waals surface area contributed by atoms with Crippen LogP contribution in [-0.4, -0.2) is 25.8 Å². The van der Waals surface area contributed by atoms with Gasteiger partial charge in [0.1, 0.15) is 16.2 Å². The summed E-state index contributed by atoms with van der Waals surface area (Å²) >= 11 is 3.70. The van der Waals surface area contributed by atoms with Crippen LogP contribution in [0.25, 0.3) is 20.4 Å². The van der Waals surface area contributed by atoms with Crippen LogP contribution in [-0.2, 0) is 17.8 Å². The number of pyridine rings is 1. The molecule has 136 valence electrons. The average Bonchev–Trinajstić information content (AvgIpc) is 2.99. The number of fused-ring (bicyclic) bond motifs is 4. The van der Waals surface area contributed by atoms with Gasteiger partial charge >= 0.3 is 0 Å². The topological polar surface area (TPSA) is 47.9 Å².